The van der Waals surface area contributed by atoms with Crippen molar-refractivity contribution in [1.82, 2.24) is 0 Å². The minimum absolute atomic E-state index is 0.0106. The predicted molar refractivity (Wildman–Crippen MR) is 79.1 cm³/mol. The normalized spacial score (nSPS) is 14.9. The number of nitro benzene ring substituents is 1. The molecule has 6 heteroatoms. The SMILES string of the molecule is Cc1ccc(N=C2C(=O)Nc3ccccc32)cc1[N+](=O)[O-]. The van der Waals surface area contributed by atoms with Gasteiger partial charge in [0, 0.05) is 17.2 Å². The van der Waals surface area contributed by atoms with Crippen molar-refractivity contribution in [3.63, 3.8) is 0 Å². The van der Waals surface area contributed by atoms with Crippen LogP contribution >= 0.6 is 0 Å². The summed E-state index contributed by atoms with van der Waals surface area (Å²) in [6.45, 7) is 1.66. The van der Waals surface area contributed by atoms with Gasteiger partial charge in [-0.25, -0.2) is 4.99 Å². The second kappa shape index (κ2) is 4.82. The van der Waals surface area contributed by atoms with Gasteiger partial charge >= 0.3 is 0 Å². The molecule has 2 aromatic carbocycles. The number of hydrogen-bond donors (Lipinski definition) is 1. The van der Waals surface area contributed by atoms with Gasteiger partial charge in [-0.05, 0) is 19.1 Å². The van der Waals surface area contributed by atoms with Gasteiger partial charge in [0.25, 0.3) is 11.6 Å². The molecule has 1 N–H and O–H groups in total. The van der Waals surface area contributed by atoms with E-state index in [1.165, 1.54) is 6.07 Å². The molecule has 1 heterocycles. The lowest BCUT2D eigenvalue weighted by Crippen LogP contribution is -2.13. The highest BCUT2D eigenvalue weighted by molar-refractivity contribution is 6.54. The number of fused-ring (bicyclic) bond motifs is 1. The minimum atomic E-state index is -0.457. The van der Waals surface area contributed by atoms with Crippen molar-refractivity contribution in [2.45, 2.75) is 6.92 Å². The van der Waals surface area contributed by atoms with Crippen molar-refractivity contribution in [2.75, 3.05) is 5.32 Å². The van der Waals surface area contributed by atoms with E-state index in [-0.39, 0.29) is 17.3 Å². The van der Waals surface area contributed by atoms with Gasteiger partial charge in [-0.1, -0.05) is 24.3 Å². The number of rotatable bonds is 2. The van der Waals surface area contributed by atoms with E-state index in [1.54, 1.807) is 31.2 Å². The Morgan fingerprint density at radius 3 is 2.71 bits per heavy atom. The van der Waals surface area contributed by atoms with Crippen LogP contribution in [0.3, 0.4) is 0 Å². The first-order chi connectivity index (χ1) is 10.1. The third kappa shape index (κ3) is 2.27. The fourth-order valence-corrected chi connectivity index (χ4v) is 2.21. The zero-order chi connectivity index (χ0) is 15.0. The number of para-hydroxylation sites is 1. The number of amides is 1. The van der Waals surface area contributed by atoms with Crippen LogP contribution in [0.25, 0.3) is 0 Å². The van der Waals surface area contributed by atoms with Gasteiger partial charge in [-0.2, -0.15) is 0 Å². The molecule has 3 rings (SSSR count). The Kier molecular flexibility index (Phi) is 2.98. The van der Waals surface area contributed by atoms with Crippen molar-refractivity contribution in [1.29, 1.82) is 0 Å². The Labute approximate surface area is 120 Å². The molecule has 0 bridgehead atoms. The molecule has 0 atom stereocenters. The maximum Gasteiger partial charge on any atom is 0.275 e. The molecule has 0 spiro atoms. The van der Waals surface area contributed by atoms with Gasteiger partial charge < -0.3 is 5.32 Å². The van der Waals surface area contributed by atoms with E-state index in [2.05, 4.69) is 10.3 Å². The Bertz CT molecular complexity index is 797. The van der Waals surface area contributed by atoms with E-state index in [9.17, 15) is 14.9 Å². The molecule has 0 saturated carbocycles. The maximum absolute atomic E-state index is 11.9. The molecule has 21 heavy (non-hydrogen) atoms. The van der Waals surface area contributed by atoms with Crippen molar-refractivity contribution in [3.05, 3.63) is 63.7 Å². The first kappa shape index (κ1) is 13.0. The standard InChI is InChI=1S/C15H11N3O3/c1-9-6-7-10(8-13(9)18(20)21)16-14-11-4-2-3-5-12(11)17-15(14)19/h2-8H,1H3,(H,16,17,19). The second-order valence-electron chi connectivity index (χ2n) is 4.69. The van der Waals surface area contributed by atoms with Gasteiger partial charge in [0.1, 0.15) is 5.71 Å². The molecule has 104 valence electrons. The zero-order valence-electron chi connectivity index (χ0n) is 11.2. The number of nitro groups is 1. The van der Waals surface area contributed by atoms with E-state index in [1.807, 2.05) is 12.1 Å². The quantitative estimate of drug-likeness (QED) is 0.678. The van der Waals surface area contributed by atoms with E-state index >= 15 is 0 Å². The Morgan fingerprint density at radius 1 is 1.19 bits per heavy atom. The third-order valence-corrected chi connectivity index (χ3v) is 3.28. The summed E-state index contributed by atoms with van der Waals surface area (Å²) in [6, 6.07) is 11.9. The van der Waals surface area contributed by atoms with Crippen molar-refractivity contribution in [3.8, 4) is 0 Å². The average Bonchev–Trinajstić information content (AvgIpc) is 2.77. The summed E-state index contributed by atoms with van der Waals surface area (Å²) >= 11 is 0. The Morgan fingerprint density at radius 2 is 1.95 bits per heavy atom. The Hall–Kier alpha value is -3.02. The van der Waals surface area contributed by atoms with E-state index in [4.69, 9.17) is 0 Å². The topological polar surface area (TPSA) is 84.6 Å². The maximum atomic E-state index is 11.9. The number of aryl methyl sites for hydroxylation is 1. The molecule has 0 saturated heterocycles. The molecular weight excluding hydrogens is 270 g/mol. The van der Waals surface area contributed by atoms with Gasteiger partial charge in [-0.15, -0.1) is 0 Å². The average molecular weight is 281 g/mol. The largest absolute Gasteiger partial charge is 0.320 e. The molecule has 0 aromatic heterocycles. The van der Waals surface area contributed by atoms with Crippen LogP contribution in [0.1, 0.15) is 11.1 Å². The van der Waals surface area contributed by atoms with Gasteiger partial charge in [0.05, 0.1) is 16.3 Å². The van der Waals surface area contributed by atoms with Crippen LogP contribution in [-0.2, 0) is 4.79 Å². The highest BCUT2D eigenvalue weighted by Crippen LogP contribution is 2.28. The lowest BCUT2D eigenvalue weighted by Gasteiger charge is -2.00. The van der Waals surface area contributed by atoms with Crippen LogP contribution < -0.4 is 5.32 Å². The van der Waals surface area contributed by atoms with Crippen molar-refractivity contribution in [2.24, 2.45) is 4.99 Å². The summed E-state index contributed by atoms with van der Waals surface area (Å²) in [4.78, 5) is 26.7. The number of benzene rings is 2. The molecule has 1 aliphatic rings. The first-order valence-corrected chi connectivity index (χ1v) is 6.31. The van der Waals surface area contributed by atoms with Crippen LogP contribution in [0.15, 0.2) is 47.5 Å². The summed E-state index contributed by atoms with van der Waals surface area (Å²) in [5.74, 6) is -0.306. The number of anilines is 1. The molecule has 0 aliphatic carbocycles. The highest BCUT2D eigenvalue weighted by Gasteiger charge is 2.25. The molecule has 0 fully saturated rings. The van der Waals surface area contributed by atoms with Crippen LogP contribution in [0.4, 0.5) is 17.1 Å². The number of hydrogen-bond acceptors (Lipinski definition) is 4. The third-order valence-electron chi connectivity index (χ3n) is 3.28. The van der Waals surface area contributed by atoms with Crippen molar-refractivity contribution < 1.29 is 9.72 Å². The summed E-state index contributed by atoms with van der Waals surface area (Å²) < 4.78 is 0. The molecule has 6 nitrogen and oxygen atoms in total. The van der Waals surface area contributed by atoms with Crippen molar-refractivity contribution >= 4 is 28.7 Å². The molecule has 2 aromatic rings. The summed E-state index contributed by atoms with van der Waals surface area (Å²) in [5.41, 5.74) is 2.59. The first-order valence-electron chi connectivity index (χ1n) is 6.31. The molecule has 1 aliphatic heterocycles. The van der Waals surface area contributed by atoms with Crippen LogP contribution in [0.2, 0.25) is 0 Å². The van der Waals surface area contributed by atoms with Gasteiger partial charge in [0.2, 0.25) is 0 Å². The summed E-state index contributed by atoms with van der Waals surface area (Å²) in [5, 5.41) is 13.7. The minimum Gasteiger partial charge on any atom is -0.320 e. The van der Waals surface area contributed by atoms with Gasteiger partial charge in [-0.3, -0.25) is 14.9 Å². The van der Waals surface area contributed by atoms with Crippen LogP contribution in [0, 0.1) is 17.0 Å². The van der Waals surface area contributed by atoms with E-state index in [0.717, 1.165) is 0 Å². The molecule has 1 amide bonds. The predicted octanol–water partition coefficient (Wildman–Crippen LogP) is 2.98. The lowest BCUT2D eigenvalue weighted by atomic mass is 10.1. The number of nitrogens with one attached hydrogen (secondary N) is 1. The highest BCUT2D eigenvalue weighted by atomic mass is 16.6. The van der Waals surface area contributed by atoms with Gasteiger partial charge in [0.15, 0.2) is 0 Å². The van der Waals surface area contributed by atoms with E-state index in [0.29, 0.717) is 22.5 Å². The lowest BCUT2D eigenvalue weighted by molar-refractivity contribution is -0.385. The van der Waals surface area contributed by atoms with Crippen LogP contribution in [0.5, 0.6) is 0 Å². The molecular formula is C15H11N3O3. The number of nitrogens with zero attached hydrogens (tertiary/aromatic N) is 2. The number of carbonyl (C=O) groups is 1. The monoisotopic (exact) mass is 281 g/mol. The molecule has 0 unspecified atom stereocenters. The number of aliphatic imine (C=N–C) groups is 1. The number of carbonyl (C=O) groups excluding carboxylic acids is 1. The zero-order valence-corrected chi connectivity index (χ0v) is 11.2. The second-order valence-corrected chi connectivity index (χ2v) is 4.69. The van der Waals surface area contributed by atoms with E-state index < -0.39 is 4.92 Å². The Balaban J connectivity index is 2.09. The smallest absolute Gasteiger partial charge is 0.275 e. The summed E-state index contributed by atoms with van der Waals surface area (Å²) in [6.07, 6.45) is 0. The molecule has 0 radical (unpaired) electrons. The summed E-state index contributed by atoms with van der Waals surface area (Å²) in [7, 11) is 0. The fourth-order valence-electron chi connectivity index (χ4n) is 2.21. The van der Waals surface area contributed by atoms with Crippen LogP contribution in [-0.4, -0.2) is 16.5 Å². The fraction of sp³-hybridized carbons (Fsp3) is 0.0667.